The van der Waals surface area contributed by atoms with Gasteiger partial charge in [0, 0.05) is 31.1 Å². The molecule has 0 spiro atoms. The minimum atomic E-state index is 0.257. The van der Waals surface area contributed by atoms with E-state index < -0.39 is 0 Å². The average Bonchev–Trinajstić information content (AvgIpc) is 2.89. The molecule has 1 aromatic heterocycles. The van der Waals surface area contributed by atoms with Crippen molar-refractivity contribution in [2.24, 2.45) is 0 Å². The summed E-state index contributed by atoms with van der Waals surface area (Å²) in [6, 6.07) is 0.531. The second-order valence-electron chi connectivity index (χ2n) is 5.70. The largest absolute Gasteiger partial charge is 0.444 e. The van der Waals surface area contributed by atoms with Crippen LogP contribution in [-0.2, 0) is 13.0 Å². The maximum Gasteiger partial charge on any atom is 0.208 e. The molecule has 0 aromatic carbocycles. The van der Waals surface area contributed by atoms with Crippen molar-refractivity contribution in [3.05, 3.63) is 17.8 Å². The van der Waals surface area contributed by atoms with Crippen molar-refractivity contribution < 1.29 is 4.42 Å². The molecule has 1 atom stereocenters. The van der Waals surface area contributed by atoms with Gasteiger partial charge in [-0.25, -0.2) is 4.98 Å². The molecule has 0 aliphatic carbocycles. The first-order chi connectivity index (χ1) is 9.12. The van der Waals surface area contributed by atoms with Crippen molar-refractivity contribution >= 4 is 0 Å². The summed E-state index contributed by atoms with van der Waals surface area (Å²) >= 11 is 0. The lowest BCUT2D eigenvalue weighted by molar-refractivity contribution is 0.0672. The van der Waals surface area contributed by atoms with Crippen LogP contribution in [0.1, 0.15) is 52.2 Å². The Morgan fingerprint density at radius 1 is 1.42 bits per heavy atom. The van der Waals surface area contributed by atoms with E-state index in [2.05, 4.69) is 42.9 Å². The van der Waals surface area contributed by atoms with Crippen molar-refractivity contribution in [3.63, 3.8) is 0 Å². The third kappa shape index (κ3) is 3.18. The second kappa shape index (κ2) is 6.06. The summed E-state index contributed by atoms with van der Waals surface area (Å²) in [7, 11) is 0. The number of piperazine rings is 1. The van der Waals surface area contributed by atoms with Gasteiger partial charge in [-0.15, -0.1) is 0 Å². The highest BCUT2D eigenvalue weighted by Gasteiger charge is 2.35. The molecule has 19 heavy (non-hydrogen) atoms. The monoisotopic (exact) mass is 265 g/mol. The fourth-order valence-corrected chi connectivity index (χ4v) is 2.79. The molecular formula is C15H27N3O. The van der Waals surface area contributed by atoms with E-state index in [1.54, 1.807) is 0 Å². The topological polar surface area (TPSA) is 41.3 Å². The second-order valence-corrected chi connectivity index (χ2v) is 5.70. The Morgan fingerprint density at radius 2 is 2.16 bits per heavy atom. The fourth-order valence-electron chi connectivity index (χ4n) is 2.79. The molecule has 1 unspecified atom stereocenters. The van der Waals surface area contributed by atoms with E-state index >= 15 is 0 Å². The van der Waals surface area contributed by atoms with Crippen LogP contribution in [0.4, 0.5) is 0 Å². The highest BCUT2D eigenvalue weighted by Crippen LogP contribution is 2.24. The molecule has 2 heterocycles. The Kier molecular flexibility index (Phi) is 4.63. The molecule has 108 valence electrons. The van der Waals surface area contributed by atoms with Crippen LogP contribution in [0.25, 0.3) is 0 Å². The van der Waals surface area contributed by atoms with Crippen molar-refractivity contribution in [1.29, 1.82) is 0 Å². The predicted molar refractivity (Wildman–Crippen MR) is 77.1 cm³/mol. The van der Waals surface area contributed by atoms with Crippen LogP contribution in [0.5, 0.6) is 0 Å². The van der Waals surface area contributed by atoms with Crippen LogP contribution in [0.2, 0.25) is 0 Å². The molecule has 2 rings (SSSR count). The van der Waals surface area contributed by atoms with Crippen LogP contribution in [-0.4, -0.2) is 34.6 Å². The maximum absolute atomic E-state index is 5.75. The van der Waals surface area contributed by atoms with Crippen molar-refractivity contribution in [1.82, 2.24) is 15.2 Å². The third-order valence-electron chi connectivity index (χ3n) is 4.54. The number of aryl methyl sites for hydroxylation is 1. The van der Waals surface area contributed by atoms with Crippen LogP contribution in [0.15, 0.2) is 10.6 Å². The molecule has 0 amide bonds. The minimum absolute atomic E-state index is 0.257. The van der Waals surface area contributed by atoms with Crippen LogP contribution >= 0.6 is 0 Å². The van der Waals surface area contributed by atoms with Gasteiger partial charge in [-0.3, -0.25) is 4.90 Å². The molecule has 4 heteroatoms. The average molecular weight is 265 g/mol. The van der Waals surface area contributed by atoms with Crippen molar-refractivity contribution in [2.45, 2.75) is 65.1 Å². The molecule has 0 bridgehead atoms. The first kappa shape index (κ1) is 14.5. The van der Waals surface area contributed by atoms with Crippen molar-refractivity contribution in [2.75, 3.05) is 13.1 Å². The lowest BCUT2D eigenvalue weighted by Crippen LogP contribution is -2.62. The van der Waals surface area contributed by atoms with E-state index in [1.165, 1.54) is 12.8 Å². The maximum atomic E-state index is 5.75. The summed E-state index contributed by atoms with van der Waals surface area (Å²) in [5.41, 5.74) is 0.257. The van der Waals surface area contributed by atoms with Gasteiger partial charge in [-0.2, -0.15) is 0 Å². The standard InChI is InChI=1S/C15H27N3O/c1-5-13-9-16-14(19-13)10-18-11-15(6-2,7-3)17-8-12(18)4/h9,12,17H,5-8,10-11H2,1-4H3. The highest BCUT2D eigenvalue weighted by molar-refractivity contribution is 4.98. The molecule has 1 saturated heterocycles. The number of nitrogens with one attached hydrogen (secondary N) is 1. The van der Waals surface area contributed by atoms with Gasteiger partial charge < -0.3 is 9.73 Å². The van der Waals surface area contributed by atoms with E-state index in [4.69, 9.17) is 4.42 Å². The first-order valence-corrected chi connectivity index (χ1v) is 7.55. The normalized spacial score (nSPS) is 23.7. The van der Waals surface area contributed by atoms with Gasteiger partial charge in [-0.1, -0.05) is 20.8 Å². The zero-order valence-corrected chi connectivity index (χ0v) is 12.7. The van der Waals surface area contributed by atoms with Gasteiger partial charge in [0.2, 0.25) is 5.89 Å². The van der Waals surface area contributed by atoms with Crippen molar-refractivity contribution in [3.8, 4) is 0 Å². The molecular weight excluding hydrogens is 238 g/mol. The Hall–Kier alpha value is -0.870. The summed E-state index contributed by atoms with van der Waals surface area (Å²) in [6.07, 6.45) is 5.10. The third-order valence-corrected chi connectivity index (χ3v) is 4.54. The summed E-state index contributed by atoms with van der Waals surface area (Å²) in [4.78, 5) is 6.88. The van der Waals surface area contributed by atoms with E-state index in [1.807, 2.05) is 6.20 Å². The zero-order valence-electron chi connectivity index (χ0n) is 12.7. The molecule has 0 saturated carbocycles. The molecule has 4 nitrogen and oxygen atoms in total. The predicted octanol–water partition coefficient (Wildman–Crippen LogP) is 2.59. The van der Waals surface area contributed by atoms with Crippen LogP contribution < -0.4 is 5.32 Å². The number of hydrogen-bond donors (Lipinski definition) is 1. The van der Waals surface area contributed by atoms with Crippen LogP contribution in [0.3, 0.4) is 0 Å². The van der Waals surface area contributed by atoms with E-state index in [9.17, 15) is 0 Å². The number of oxazole rings is 1. The van der Waals surface area contributed by atoms with Gasteiger partial charge in [-0.05, 0) is 19.8 Å². The van der Waals surface area contributed by atoms with Crippen LogP contribution in [0, 0.1) is 0 Å². The number of hydrogen-bond acceptors (Lipinski definition) is 4. The van der Waals surface area contributed by atoms with E-state index in [0.717, 1.165) is 37.7 Å². The Morgan fingerprint density at radius 3 is 2.74 bits per heavy atom. The molecule has 1 aliphatic rings. The lowest BCUT2D eigenvalue weighted by Gasteiger charge is -2.46. The molecule has 1 aromatic rings. The molecule has 1 fully saturated rings. The van der Waals surface area contributed by atoms with Gasteiger partial charge in [0.25, 0.3) is 0 Å². The first-order valence-electron chi connectivity index (χ1n) is 7.55. The summed E-state index contributed by atoms with van der Waals surface area (Å²) in [6.45, 7) is 11.8. The molecule has 1 N–H and O–H groups in total. The number of aromatic nitrogens is 1. The Bertz CT molecular complexity index is 398. The SMILES string of the molecule is CCc1cnc(CN2CC(CC)(CC)NCC2C)o1. The quantitative estimate of drug-likeness (QED) is 0.888. The minimum Gasteiger partial charge on any atom is -0.444 e. The molecule has 1 aliphatic heterocycles. The van der Waals surface area contributed by atoms with Gasteiger partial charge in [0.1, 0.15) is 5.76 Å². The smallest absolute Gasteiger partial charge is 0.208 e. The zero-order chi connectivity index (χ0) is 13.9. The lowest BCUT2D eigenvalue weighted by atomic mass is 9.89. The number of rotatable bonds is 5. The van der Waals surface area contributed by atoms with E-state index in [-0.39, 0.29) is 5.54 Å². The number of nitrogens with zero attached hydrogens (tertiary/aromatic N) is 2. The summed E-state index contributed by atoms with van der Waals surface area (Å²) in [5, 5.41) is 3.72. The van der Waals surface area contributed by atoms with Gasteiger partial charge >= 0.3 is 0 Å². The Labute approximate surface area is 116 Å². The summed E-state index contributed by atoms with van der Waals surface area (Å²) < 4.78 is 5.75. The van der Waals surface area contributed by atoms with Gasteiger partial charge in [0.05, 0.1) is 12.7 Å². The Balaban J connectivity index is 2.04. The fraction of sp³-hybridized carbons (Fsp3) is 0.800. The van der Waals surface area contributed by atoms with Gasteiger partial charge in [0.15, 0.2) is 0 Å². The highest BCUT2D eigenvalue weighted by atomic mass is 16.4. The summed E-state index contributed by atoms with van der Waals surface area (Å²) in [5.74, 6) is 1.83. The van der Waals surface area contributed by atoms with E-state index in [0.29, 0.717) is 6.04 Å². The molecule has 0 radical (unpaired) electrons.